The molecule has 1 aliphatic rings. The molecule has 1 fully saturated rings. The third kappa shape index (κ3) is 5.68. The second-order valence-corrected chi connectivity index (χ2v) is 6.40. The highest BCUT2D eigenvalue weighted by Gasteiger charge is 2.11. The van der Waals surface area contributed by atoms with Gasteiger partial charge in [-0.3, -0.25) is 0 Å². The summed E-state index contributed by atoms with van der Waals surface area (Å²) in [6.07, 6.45) is 3.85. The van der Waals surface area contributed by atoms with Crippen LogP contribution in [0.4, 0.5) is 0 Å². The average molecular weight is 290 g/mol. The van der Waals surface area contributed by atoms with E-state index in [1.807, 2.05) is 0 Å². The van der Waals surface area contributed by atoms with Crippen molar-refractivity contribution in [2.45, 2.75) is 52.6 Å². The van der Waals surface area contributed by atoms with Gasteiger partial charge in [0.25, 0.3) is 0 Å². The summed E-state index contributed by atoms with van der Waals surface area (Å²) in [5, 5.41) is 3.48. The first kappa shape index (κ1) is 16.3. The van der Waals surface area contributed by atoms with Gasteiger partial charge in [-0.25, -0.2) is 0 Å². The van der Waals surface area contributed by atoms with Gasteiger partial charge in [0.2, 0.25) is 0 Å². The molecule has 0 aliphatic carbocycles. The highest BCUT2D eigenvalue weighted by Crippen LogP contribution is 2.20. The van der Waals surface area contributed by atoms with Gasteiger partial charge in [0, 0.05) is 24.7 Å². The Morgan fingerprint density at radius 3 is 2.71 bits per heavy atom. The number of nitrogens with zero attached hydrogens (tertiary/aromatic N) is 1. The summed E-state index contributed by atoms with van der Waals surface area (Å²) in [4.78, 5) is 2.54. The fourth-order valence-corrected chi connectivity index (χ4v) is 2.78. The smallest absolute Gasteiger partial charge is 0.123 e. The van der Waals surface area contributed by atoms with Gasteiger partial charge in [0.15, 0.2) is 0 Å². The van der Waals surface area contributed by atoms with Crippen molar-refractivity contribution in [3.8, 4) is 5.75 Å². The molecule has 1 N–H and O–H groups in total. The van der Waals surface area contributed by atoms with E-state index in [2.05, 4.69) is 49.2 Å². The molecule has 0 spiro atoms. The fourth-order valence-electron chi connectivity index (χ4n) is 2.78. The van der Waals surface area contributed by atoms with Crippen LogP contribution in [0, 0.1) is 6.92 Å². The van der Waals surface area contributed by atoms with Gasteiger partial charge in [0.1, 0.15) is 5.75 Å². The van der Waals surface area contributed by atoms with Gasteiger partial charge in [0.05, 0.1) is 6.61 Å². The Kier molecular flexibility index (Phi) is 6.52. The van der Waals surface area contributed by atoms with Crippen LogP contribution < -0.4 is 10.1 Å². The van der Waals surface area contributed by atoms with Crippen LogP contribution in [-0.4, -0.2) is 37.2 Å². The van der Waals surface area contributed by atoms with E-state index in [0.717, 1.165) is 25.3 Å². The Balaban J connectivity index is 1.80. The zero-order chi connectivity index (χ0) is 15.1. The molecule has 2 rings (SSSR count). The Bertz CT molecular complexity index is 425. The molecule has 1 aromatic rings. The van der Waals surface area contributed by atoms with Gasteiger partial charge in [-0.1, -0.05) is 31.5 Å². The quantitative estimate of drug-likeness (QED) is 0.743. The van der Waals surface area contributed by atoms with Crippen molar-refractivity contribution in [1.29, 1.82) is 0 Å². The molecular formula is C18H30N2O. The number of rotatable bonds is 8. The van der Waals surface area contributed by atoms with E-state index in [0.29, 0.717) is 6.04 Å². The van der Waals surface area contributed by atoms with Crippen molar-refractivity contribution in [2.75, 3.05) is 26.2 Å². The van der Waals surface area contributed by atoms with Crippen molar-refractivity contribution in [3.05, 3.63) is 29.3 Å². The van der Waals surface area contributed by atoms with E-state index in [9.17, 15) is 0 Å². The lowest BCUT2D eigenvalue weighted by molar-refractivity contribution is 0.261. The number of hydrogen-bond donors (Lipinski definition) is 1. The largest absolute Gasteiger partial charge is 0.493 e. The predicted molar refractivity (Wildman–Crippen MR) is 88.9 cm³/mol. The van der Waals surface area contributed by atoms with E-state index in [1.54, 1.807) is 0 Å². The molecule has 118 valence electrons. The summed E-state index contributed by atoms with van der Waals surface area (Å²) in [7, 11) is 0. The minimum absolute atomic E-state index is 0.494. The molecule has 0 atom stereocenters. The molecule has 0 radical (unpaired) electrons. The van der Waals surface area contributed by atoms with Gasteiger partial charge in [-0.15, -0.1) is 0 Å². The summed E-state index contributed by atoms with van der Waals surface area (Å²) in [6.45, 7) is 11.9. The number of ether oxygens (including phenoxy) is 1. The maximum atomic E-state index is 6.02. The van der Waals surface area contributed by atoms with Crippen LogP contribution in [0.25, 0.3) is 0 Å². The zero-order valence-corrected chi connectivity index (χ0v) is 13.8. The van der Waals surface area contributed by atoms with Gasteiger partial charge in [-0.2, -0.15) is 0 Å². The molecule has 3 heteroatoms. The lowest BCUT2D eigenvalue weighted by atomic mass is 10.1. The van der Waals surface area contributed by atoms with E-state index >= 15 is 0 Å². The second-order valence-electron chi connectivity index (χ2n) is 6.40. The van der Waals surface area contributed by atoms with E-state index < -0.39 is 0 Å². The molecule has 1 saturated heterocycles. The summed E-state index contributed by atoms with van der Waals surface area (Å²) in [6, 6.07) is 6.97. The van der Waals surface area contributed by atoms with E-state index in [4.69, 9.17) is 4.74 Å². The SMILES string of the molecule is Cc1ccc(OCCCN2CCCC2)c(CNC(C)C)c1. The van der Waals surface area contributed by atoms with Gasteiger partial charge in [-0.05, 0) is 45.3 Å². The van der Waals surface area contributed by atoms with E-state index in [-0.39, 0.29) is 0 Å². The predicted octanol–water partition coefficient (Wildman–Crippen LogP) is 3.36. The third-order valence-corrected chi connectivity index (χ3v) is 3.99. The first-order valence-corrected chi connectivity index (χ1v) is 8.33. The fraction of sp³-hybridized carbons (Fsp3) is 0.667. The van der Waals surface area contributed by atoms with Gasteiger partial charge >= 0.3 is 0 Å². The molecule has 21 heavy (non-hydrogen) atoms. The monoisotopic (exact) mass is 290 g/mol. The van der Waals surface area contributed by atoms with Crippen molar-refractivity contribution in [3.63, 3.8) is 0 Å². The molecule has 3 nitrogen and oxygen atoms in total. The highest BCUT2D eigenvalue weighted by atomic mass is 16.5. The van der Waals surface area contributed by atoms with Crippen LogP contribution in [0.5, 0.6) is 5.75 Å². The van der Waals surface area contributed by atoms with Crippen LogP contribution in [0.3, 0.4) is 0 Å². The number of nitrogens with one attached hydrogen (secondary N) is 1. The summed E-state index contributed by atoms with van der Waals surface area (Å²) < 4.78 is 6.02. The second kappa shape index (κ2) is 8.40. The van der Waals surface area contributed by atoms with Crippen molar-refractivity contribution < 1.29 is 4.74 Å². The molecule has 0 saturated carbocycles. The summed E-state index contributed by atoms with van der Waals surface area (Å²) >= 11 is 0. The first-order valence-electron chi connectivity index (χ1n) is 8.33. The molecule has 1 heterocycles. The van der Waals surface area contributed by atoms with Gasteiger partial charge < -0.3 is 15.0 Å². The van der Waals surface area contributed by atoms with Crippen LogP contribution in [0.1, 0.15) is 44.2 Å². The Labute approximate surface area is 129 Å². The summed E-state index contributed by atoms with van der Waals surface area (Å²) in [5.74, 6) is 1.04. The number of likely N-dealkylation sites (tertiary alicyclic amines) is 1. The van der Waals surface area contributed by atoms with Crippen LogP contribution in [0.15, 0.2) is 18.2 Å². The molecule has 0 amide bonds. The molecule has 0 bridgehead atoms. The van der Waals surface area contributed by atoms with Crippen molar-refractivity contribution in [1.82, 2.24) is 10.2 Å². The number of benzene rings is 1. The van der Waals surface area contributed by atoms with Crippen LogP contribution in [0.2, 0.25) is 0 Å². The van der Waals surface area contributed by atoms with E-state index in [1.165, 1.54) is 43.6 Å². The van der Waals surface area contributed by atoms with Crippen LogP contribution >= 0.6 is 0 Å². The lowest BCUT2D eigenvalue weighted by Gasteiger charge is -2.17. The number of aryl methyl sites for hydroxylation is 1. The molecule has 1 aromatic carbocycles. The van der Waals surface area contributed by atoms with Crippen molar-refractivity contribution >= 4 is 0 Å². The molecular weight excluding hydrogens is 260 g/mol. The van der Waals surface area contributed by atoms with Crippen molar-refractivity contribution in [2.24, 2.45) is 0 Å². The number of hydrogen-bond acceptors (Lipinski definition) is 3. The first-order chi connectivity index (χ1) is 10.1. The minimum atomic E-state index is 0.494. The minimum Gasteiger partial charge on any atom is -0.493 e. The molecule has 0 unspecified atom stereocenters. The third-order valence-electron chi connectivity index (χ3n) is 3.99. The Hall–Kier alpha value is -1.06. The Morgan fingerprint density at radius 1 is 1.24 bits per heavy atom. The zero-order valence-electron chi connectivity index (χ0n) is 13.8. The normalized spacial score (nSPS) is 15.8. The lowest BCUT2D eigenvalue weighted by Crippen LogP contribution is -2.23. The maximum Gasteiger partial charge on any atom is 0.123 e. The van der Waals surface area contributed by atoms with Crippen LogP contribution in [-0.2, 0) is 6.54 Å². The topological polar surface area (TPSA) is 24.5 Å². The Morgan fingerprint density at radius 2 is 2.00 bits per heavy atom. The molecule has 1 aliphatic heterocycles. The maximum absolute atomic E-state index is 6.02. The highest BCUT2D eigenvalue weighted by molar-refractivity contribution is 5.36. The molecule has 0 aromatic heterocycles. The standard InChI is InChI=1S/C18H30N2O/c1-15(2)19-14-17-13-16(3)7-8-18(17)21-12-6-11-20-9-4-5-10-20/h7-8,13,15,19H,4-6,9-12,14H2,1-3H3. The summed E-state index contributed by atoms with van der Waals surface area (Å²) in [5.41, 5.74) is 2.56. The average Bonchev–Trinajstić information content (AvgIpc) is 2.96.